The largest absolute Gasteiger partial charge is 0.480 e. The number of aromatic nitrogens is 3. The first-order chi connectivity index (χ1) is 8.82. The van der Waals surface area contributed by atoms with Gasteiger partial charge in [0.25, 0.3) is 5.56 Å². The van der Waals surface area contributed by atoms with Gasteiger partial charge in [-0.1, -0.05) is 11.3 Å². The number of nitrogens with zero attached hydrogens (tertiary/aromatic N) is 4. The molecule has 0 amide bonds. The van der Waals surface area contributed by atoms with Gasteiger partial charge in [-0.05, 0) is 20.9 Å². The smallest absolute Gasteiger partial charge is 0.323 e. The van der Waals surface area contributed by atoms with E-state index in [9.17, 15) is 9.59 Å². The first kappa shape index (κ1) is 13.6. The fourth-order valence-corrected chi connectivity index (χ4v) is 2.13. The van der Waals surface area contributed by atoms with Crippen LogP contribution in [-0.2, 0) is 11.3 Å². The Morgan fingerprint density at radius 1 is 1.58 bits per heavy atom. The fourth-order valence-electron chi connectivity index (χ4n) is 1.49. The van der Waals surface area contributed by atoms with Gasteiger partial charge in [-0.2, -0.15) is 9.61 Å². The van der Waals surface area contributed by atoms with Crippen LogP contribution in [0.1, 0.15) is 19.5 Å². The van der Waals surface area contributed by atoms with Crippen LogP contribution >= 0.6 is 11.3 Å². The van der Waals surface area contributed by atoms with Crippen molar-refractivity contribution in [1.29, 1.82) is 0 Å². The average Bonchev–Trinajstić information content (AvgIpc) is 2.77. The molecule has 0 aliphatic rings. The highest BCUT2D eigenvalue weighted by Crippen LogP contribution is 2.15. The van der Waals surface area contributed by atoms with Crippen LogP contribution in [0.5, 0.6) is 0 Å². The number of likely N-dealkylation sites (N-methyl/N-ethyl adjacent to an activating group) is 1. The van der Waals surface area contributed by atoms with Gasteiger partial charge in [0.2, 0.25) is 4.96 Å². The first-order valence-electron chi connectivity index (χ1n) is 5.59. The van der Waals surface area contributed by atoms with E-state index in [1.807, 2.05) is 0 Å². The normalized spacial score (nSPS) is 12.2. The molecule has 1 N–H and O–H groups in total. The van der Waals surface area contributed by atoms with E-state index < -0.39 is 11.5 Å². The molecule has 0 spiro atoms. The van der Waals surface area contributed by atoms with Crippen molar-refractivity contribution in [3.05, 3.63) is 27.6 Å². The van der Waals surface area contributed by atoms with Crippen molar-refractivity contribution in [2.45, 2.75) is 25.9 Å². The average molecular weight is 282 g/mol. The standard InChI is InChI=1S/C11H14N4O3S/c1-11(2,9(17)18)14(3)5-7-4-8(16)15-10(13-7)19-6-12-15/h4,6H,5H2,1-3H3,(H,17,18). The monoisotopic (exact) mass is 282 g/mol. The number of fused-ring (bicyclic) bond motifs is 1. The number of hydrogen-bond donors (Lipinski definition) is 1. The van der Waals surface area contributed by atoms with Crippen LogP contribution in [0.2, 0.25) is 0 Å². The second-order valence-electron chi connectivity index (χ2n) is 4.74. The molecule has 7 nitrogen and oxygen atoms in total. The zero-order valence-corrected chi connectivity index (χ0v) is 11.6. The predicted octanol–water partition coefficient (Wildman–Crippen LogP) is 0.446. The van der Waals surface area contributed by atoms with Gasteiger partial charge >= 0.3 is 5.97 Å². The van der Waals surface area contributed by atoms with Gasteiger partial charge < -0.3 is 5.11 Å². The second-order valence-corrected chi connectivity index (χ2v) is 5.55. The van der Waals surface area contributed by atoms with Crippen molar-refractivity contribution in [1.82, 2.24) is 19.5 Å². The summed E-state index contributed by atoms with van der Waals surface area (Å²) in [4.78, 5) is 29.3. The Kier molecular flexibility index (Phi) is 3.38. The molecule has 0 bridgehead atoms. The molecule has 0 aliphatic carbocycles. The van der Waals surface area contributed by atoms with Gasteiger partial charge in [-0.25, -0.2) is 4.98 Å². The second kappa shape index (κ2) is 4.71. The van der Waals surface area contributed by atoms with Crippen LogP contribution < -0.4 is 5.56 Å². The number of carbonyl (C=O) groups is 1. The highest BCUT2D eigenvalue weighted by atomic mass is 32.1. The molecule has 0 saturated heterocycles. The summed E-state index contributed by atoms with van der Waals surface area (Å²) in [5.74, 6) is -0.925. The van der Waals surface area contributed by atoms with Gasteiger partial charge in [0.15, 0.2) is 0 Å². The minimum atomic E-state index is -1.03. The molecule has 0 fully saturated rings. The van der Waals surface area contributed by atoms with Crippen molar-refractivity contribution in [2.24, 2.45) is 0 Å². The molecule has 0 radical (unpaired) electrons. The molecule has 102 valence electrons. The summed E-state index contributed by atoms with van der Waals surface area (Å²) in [6.45, 7) is 3.49. The highest BCUT2D eigenvalue weighted by Gasteiger charge is 2.32. The van der Waals surface area contributed by atoms with Gasteiger partial charge in [0, 0.05) is 12.6 Å². The quantitative estimate of drug-likeness (QED) is 0.875. The lowest BCUT2D eigenvalue weighted by molar-refractivity contribution is -0.148. The van der Waals surface area contributed by atoms with E-state index >= 15 is 0 Å². The molecule has 8 heteroatoms. The lowest BCUT2D eigenvalue weighted by Crippen LogP contribution is -2.47. The summed E-state index contributed by atoms with van der Waals surface area (Å²) in [5.41, 5.74) is 0.785. The number of hydrogen-bond acceptors (Lipinski definition) is 6. The van der Waals surface area contributed by atoms with E-state index in [0.717, 1.165) is 0 Å². The third kappa shape index (κ3) is 2.49. The Hall–Kier alpha value is -1.80. The minimum Gasteiger partial charge on any atom is -0.480 e. The van der Waals surface area contributed by atoms with Crippen LogP contribution in [0.3, 0.4) is 0 Å². The van der Waals surface area contributed by atoms with E-state index in [1.165, 1.54) is 21.9 Å². The Morgan fingerprint density at radius 3 is 2.89 bits per heavy atom. The molecule has 2 aromatic rings. The molecule has 2 heterocycles. The van der Waals surface area contributed by atoms with Crippen LogP contribution in [0, 0.1) is 0 Å². The van der Waals surface area contributed by atoms with Crippen molar-refractivity contribution >= 4 is 22.3 Å². The molecule has 2 rings (SSSR count). The minimum absolute atomic E-state index is 0.261. The molecule has 0 aromatic carbocycles. The van der Waals surface area contributed by atoms with Crippen LogP contribution in [0.4, 0.5) is 0 Å². The molecule has 19 heavy (non-hydrogen) atoms. The fraction of sp³-hybridized carbons (Fsp3) is 0.455. The summed E-state index contributed by atoms with van der Waals surface area (Å²) >= 11 is 1.26. The van der Waals surface area contributed by atoms with E-state index in [0.29, 0.717) is 10.7 Å². The lowest BCUT2D eigenvalue weighted by atomic mass is 10.0. The highest BCUT2D eigenvalue weighted by molar-refractivity contribution is 7.14. The Balaban J connectivity index is 2.31. The van der Waals surface area contributed by atoms with E-state index in [-0.39, 0.29) is 12.1 Å². The van der Waals surface area contributed by atoms with Crippen LogP contribution in [-0.4, -0.2) is 43.2 Å². The summed E-state index contributed by atoms with van der Waals surface area (Å²) < 4.78 is 1.22. The number of aliphatic carboxylic acids is 1. The molecular weight excluding hydrogens is 268 g/mol. The van der Waals surface area contributed by atoms with Crippen molar-refractivity contribution in [3.8, 4) is 0 Å². The SMILES string of the molecule is CN(Cc1cc(=O)n2ncsc2n1)C(C)(C)C(=O)O. The maximum absolute atomic E-state index is 11.8. The zero-order valence-electron chi connectivity index (χ0n) is 10.8. The molecule has 0 aliphatic heterocycles. The zero-order chi connectivity index (χ0) is 14.2. The molecule has 0 unspecified atom stereocenters. The van der Waals surface area contributed by atoms with Crippen LogP contribution in [0.15, 0.2) is 16.4 Å². The van der Waals surface area contributed by atoms with E-state index in [4.69, 9.17) is 5.11 Å². The van der Waals surface area contributed by atoms with E-state index in [2.05, 4.69) is 10.1 Å². The molecular formula is C11H14N4O3S. The lowest BCUT2D eigenvalue weighted by Gasteiger charge is -2.30. The van der Waals surface area contributed by atoms with Gasteiger partial charge in [0.1, 0.15) is 11.0 Å². The van der Waals surface area contributed by atoms with Crippen molar-refractivity contribution < 1.29 is 9.90 Å². The number of carboxylic acids is 1. The number of rotatable bonds is 4. The summed E-state index contributed by atoms with van der Waals surface area (Å²) in [6.07, 6.45) is 0. The third-order valence-corrected chi connectivity index (χ3v) is 3.79. The maximum Gasteiger partial charge on any atom is 0.323 e. The summed E-state index contributed by atoms with van der Waals surface area (Å²) in [5, 5.41) is 13.0. The summed E-state index contributed by atoms with van der Waals surface area (Å²) in [7, 11) is 1.68. The molecule has 0 atom stereocenters. The Bertz CT molecular complexity index is 676. The first-order valence-corrected chi connectivity index (χ1v) is 6.47. The Labute approximate surface area is 113 Å². The third-order valence-electron chi connectivity index (χ3n) is 3.12. The Morgan fingerprint density at radius 2 is 2.26 bits per heavy atom. The van der Waals surface area contributed by atoms with Crippen LogP contribution in [0.25, 0.3) is 4.96 Å². The van der Waals surface area contributed by atoms with Gasteiger partial charge in [0.05, 0.1) is 5.69 Å². The molecule has 2 aromatic heterocycles. The van der Waals surface area contributed by atoms with Gasteiger partial charge in [-0.15, -0.1) is 0 Å². The summed E-state index contributed by atoms with van der Waals surface area (Å²) in [6, 6.07) is 1.38. The number of carboxylic acid groups (broad SMARTS) is 1. The maximum atomic E-state index is 11.8. The van der Waals surface area contributed by atoms with Gasteiger partial charge in [-0.3, -0.25) is 14.5 Å². The van der Waals surface area contributed by atoms with E-state index in [1.54, 1.807) is 31.3 Å². The van der Waals surface area contributed by atoms with Crippen molar-refractivity contribution in [2.75, 3.05) is 7.05 Å². The van der Waals surface area contributed by atoms with Crippen molar-refractivity contribution in [3.63, 3.8) is 0 Å². The topological polar surface area (TPSA) is 87.8 Å². The predicted molar refractivity (Wildman–Crippen MR) is 70.3 cm³/mol. The molecule has 0 saturated carbocycles.